The molecule has 1 aliphatic carbocycles. The largest absolute Gasteiger partial charge is 0.234 e. The highest BCUT2D eigenvalue weighted by Gasteiger charge is 2.16. The molecular weight excluding hydrogens is 156 g/mol. The number of hydrogen-bond donors (Lipinski definition) is 0. The Bertz CT molecular complexity index is 277. The number of allylic oxidation sites excluding steroid dienone is 3. The van der Waals surface area contributed by atoms with Crippen LogP contribution in [0.3, 0.4) is 0 Å². The Balaban J connectivity index is 3.02. The van der Waals surface area contributed by atoms with Crippen LogP contribution < -0.4 is 0 Å². The molecule has 0 aliphatic heterocycles. The van der Waals surface area contributed by atoms with Gasteiger partial charge >= 0.3 is 0 Å². The maximum absolute atomic E-state index is 10.2. The lowest BCUT2D eigenvalue weighted by Gasteiger charge is -2.11. The van der Waals surface area contributed by atoms with Crippen molar-refractivity contribution in [1.29, 1.82) is 0 Å². The normalized spacial score (nSPS) is 16.5. The highest BCUT2D eigenvalue weighted by molar-refractivity contribution is 5.67. The van der Waals surface area contributed by atoms with Crippen molar-refractivity contribution in [2.24, 2.45) is 0 Å². The van der Waals surface area contributed by atoms with Gasteiger partial charge in [0.05, 0.1) is 0 Å². The molecule has 1 saturated carbocycles. The van der Waals surface area contributed by atoms with E-state index in [1.165, 1.54) is 0 Å². The van der Waals surface area contributed by atoms with Gasteiger partial charge < -0.3 is 0 Å². The quantitative estimate of drug-likeness (QED) is 0.486. The van der Waals surface area contributed by atoms with Crippen molar-refractivity contribution in [3.8, 4) is 0 Å². The fourth-order valence-electron chi connectivity index (χ4n) is 1.18. The van der Waals surface area contributed by atoms with Gasteiger partial charge in [-0.15, -0.1) is 0 Å². The smallest absolute Gasteiger partial charge is 0.124 e. The molecule has 1 fully saturated rings. The molecule has 3 heteroatoms. The van der Waals surface area contributed by atoms with Crippen molar-refractivity contribution < 1.29 is 14.4 Å². The first-order valence-electron chi connectivity index (χ1n) is 3.48. The summed E-state index contributed by atoms with van der Waals surface area (Å²) in [6.07, 6.45) is 0.911. The molecule has 1 aliphatic rings. The van der Waals surface area contributed by atoms with E-state index in [9.17, 15) is 14.4 Å². The third-order valence-electron chi connectivity index (χ3n) is 1.71. The molecule has 1 rings (SSSR count). The van der Waals surface area contributed by atoms with Gasteiger partial charge in [-0.05, 0) is 0 Å². The summed E-state index contributed by atoms with van der Waals surface area (Å²) in [4.78, 5) is 30.7. The molecule has 0 atom stereocenters. The molecule has 0 aromatic rings. The molecule has 0 aromatic heterocycles. The van der Waals surface area contributed by atoms with E-state index in [0.29, 0.717) is 36.0 Å². The zero-order valence-electron chi connectivity index (χ0n) is 6.35. The van der Waals surface area contributed by atoms with E-state index in [0.717, 1.165) is 0 Å². The minimum Gasteiger partial charge on any atom is -0.234 e. The Morgan fingerprint density at radius 3 is 1.08 bits per heavy atom. The van der Waals surface area contributed by atoms with E-state index in [1.54, 1.807) is 17.8 Å². The summed E-state index contributed by atoms with van der Waals surface area (Å²) in [5.74, 6) is 5.10. The first-order chi connectivity index (χ1) is 5.80. The van der Waals surface area contributed by atoms with Gasteiger partial charge in [-0.3, -0.25) is 0 Å². The van der Waals surface area contributed by atoms with Crippen molar-refractivity contribution in [3.63, 3.8) is 0 Å². The average molecular weight is 162 g/mol. The highest BCUT2D eigenvalue weighted by Crippen LogP contribution is 2.27. The van der Waals surface area contributed by atoms with Gasteiger partial charge in [0.25, 0.3) is 0 Å². The van der Waals surface area contributed by atoms with Crippen LogP contribution in [-0.2, 0) is 14.4 Å². The lowest BCUT2D eigenvalue weighted by molar-refractivity contribution is 0.559. The highest BCUT2D eigenvalue weighted by atomic mass is 16.1. The van der Waals surface area contributed by atoms with Crippen molar-refractivity contribution in [3.05, 3.63) is 16.7 Å². The number of rotatable bonds is 0. The third-order valence-corrected chi connectivity index (χ3v) is 1.71. The molecule has 0 aromatic carbocycles. The lowest BCUT2D eigenvalue weighted by atomic mass is 9.89. The van der Waals surface area contributed by atoms with Crippen LogP contribution in [0.4, 0.5) is 0 Å². The summed E-state index contributed by atoms with van der Waals surface area (Å²) < 4.78 is 0. The van der Waals surface area contributed by atoms with Crippen LogP contribution in [0.1, 0.15) is 19.3 Å². The zero-order valence-corrected chi connectivity index (χ0v) is 6.35. The first kappa shape index (κ1) is 8.45. The summed E-state index contributed by atoms with van der Waals surface area (Å²) in [5.41, 5.74) is 1.29. The summed E-state index contributed by atoms with van der Waals surface area (Å²) in [6.45, 7) is 0. The first-order valence-corrected chi connectivity index (χ1v) is 3.48. The Kier molecular flexibility index (Phi) is 2.57. The monoisotopic (exact) mass is 162 g/mol. The summed E-state index contributed by atoms with van der Waals surface area (Å²) in [6, 6.07) is 0. The maximum Gasteiger partial charge on any atom is 0.124 e. The van der Waals surface area contributed by atoms with E-state index in [1.807, 2.05) is 0 Å². The average Bonchev–Trinajstić information content (AvgIpc) is 2.16. The van der Waals surface area contributed by atoms with Gasteiger partial charge in [-0.25, -0.2) is 14.4 Å². The molecule has 0 radical (unpaired) electrons. The van der Waals surface area contributed by atoms with Crippen LogP contribution in [0.15, 0.2) is 16.7 Å². The standard InChI is InChI=1S/C9H6O3/c10-4-7-1-8(5-11)3-9(2-7)6-12/h1-3H2. The fraction of sp³-hybridized carbons (Fsp3) is 0.333. The SMILES string of the molecule is O=C=C1CC(=C=O)CC(=C=O)C1. The summed E-state index contributed by atoms with van der Waals surface area (Å²) in [7, 11) is 0. The van der Waals surface area contributed by atoms with Gasteiger partial charge in [-0.2, -0.15) is 0 Å². The third kappa shape index (κ3) is 1.69. The summed E-state index contributed by atoms with van der Waals surface area (Å²) >= 11 is 0. The van der Waals surface area contributed by atoms with Crippen LogP contribution in [0, 0.1) is 0 Å². The fourth-order valence-corrected chi connectivity index (χ4v) is 1.18. The Morgan fingerprint density at radius 1 is 0.667 bits per heavy atom. The van der Waals surface area contributed by atoms with Crippen molar-refractivity contribution in [2.45, 2.75) is 19.3 Å². The minimum absolute atomic E-state index is 0.304. The lowest BCUT2D eigenvalue weighted by Crippen LogP contribution is -2.02. The molecule has 0 saturated heterocycles. The number of hydrogen-bond acceptors (Lipinski definition) is 3. The molecule has 0 spiro atoms. The van der Waals surface area contributed by atoms with E-state index in [4.69, 9.17) is 0 Å². The number of carbonyl (C=O) groups excluding carboxylic acids is 3. The second kappa shape index (κ2) is 3.66. The molecule has 12 heavy (non-hydrogen) atoms. The second-order valence-electron chi connectivity index (χ2n) is 2.65. The Labute approximate surface area is 69.1 Å². The Morgan fingerprint density at radius 2 is 0.917 bits per heavy atom. The van der Waals surface area contributed by atoms with Crippen molar-refractivity contribution in [2.75, 3.05) is 0 Å². The molecule has 0 amide bonds. The van der Waals surface area contributed by atoms with Gasteiger partial charge in [-0.1, -0.05) is 0 Å². The summed E-state index contributed by atoms with van der Waals surface area (Å²) in [5, 5.41) is 0. The van der Waals surface area contributed by atoms with E-state index < -0.39 is 0 Å². The molecule has 0 unspecified atom stereocenters. The maximum atomic E-state index is 10.2. The molecule has 0 heterocycles. The van der Waals surface area contributed by atoms with Crippen LogP contribution in [0.5, 0.6) is 0 Å². The van der Waals surface area contributed by atoms with Crippen LogP contribution >= 0.6 is 0 Å². The van der Waals surface area contributed by atoms with Crippen LogP contribution in [0.25, 0.3) is 0 Å². The predicted molar refractivity (Wildman–Crippen MR) is 41.5 cm³/mol. The Hall–Kier alpha value is -1.65. The second-order valence-corrected chi connectivity index (χ2v) is 2.65. The van der Waals surface area contributed by atoms with Crippen LogP contribution in [-0.4, -0.2) is 17.8 Å². The topological polar surface area (TPSA) is 51.2 Å². The van der Waals surface area contributed by atoms with Gasteiger partial charge in [0, 0.05) is 36.0 Å². The van der Waals surface area contributed by atoms with Crippen molar-refractivity contribution in [1.82, 2.24) is 0 Å². The van der Waals surface area contributed by atoms with E-state index in [-0.39, 0.29) is 0 Å². The minimum atomic E-state index is 0.304. The zero-order chi connectivity index (χ0) is 8.97. The van der Waals surface area contributed by atoms with Crippen LogP contribution in [0.2, 0.25) is 0 Å². The molecule has 0 bridgehead atoms. The molecule has 60 valence electrons. The van der Waals surface area contributed by atoms with E-state index >= 15 is 0 Å². The molecule has 0 N–H and O–H groups in total. The molecular formula is C9H6O3. The van der Waals surface area contributed by atoms with Crippen molar-refractivity contribution >= 4 is 17.8 Å². The van der Waals surface area contributed by atoms with Gasteiger partial charge in [0.1, 0.15) is 17.8 Å². The van der Waals surface area contributed by atoms with E-state index in [2.05, 4.69) is 0 Å². The van der Waals surface area contributed by atoms with Gasteiger partial charge in [0.2, 0.25) is 0 Å². The van der Waals surface area contributed by atoms with Gasteiger partial charge in [0.15, 0.2) is 0 Å². The molecule has 3 nitrogen and oxygen atoms in total. The predicted octanol–water partition coefficient (Wildman–Crippen LogP) is 0.444.